The number of aromatic nitrogens is 3. The second-order valence-electron chi connectivity index (χ2n) is 3.31. The van der Waals surface area contributed by atoms with Crippen molar-refractivity contribution in [3.05, 3.63) is 36.4 Å². The predicted molar refractivity (Wildman–Crippen MR) is 63.1 cm³/mol. The van der Waals surface area contributed by atoms with Crippen LogP contribution in [0.1, 0.15) is 10.5 Å². The number of anilines is 2. The van der Waals surface area contributed by atoms with Crippen LogP contribution in [0.4, 0.5) is 11.5 Å². The van der Waals surface area contributed by atoms with E-state index in [1.807, 2.05) is 0 Å². The summed E-state index contributed by atoms with van der Waals surface area (Å²) in [4.78, 5) is 22.3. The number of aromatic carboxylic acids is 1. The number of methoxy groups -OCH3 is 1. The molecule has 2 N–H and O–H groups in total. The second-order valence-corrected chi connectivity index (χ2v) is 3.31. The van der Waals surface area contributed by atoms with Gasteiger partial charge in [-0.3, -0.25) is 0 Å². The summed E-state index contributed by atoms with van der Waals surface area (Å²) in [6, 6.07) is 4.77. The molecule has 0 radical (unpaired) electrons. The first-order valence-electron chi connectivity index (χ1n) is 5.01. The number of hydrogen-bond donors (Lipinski definition) is 2. The molecule has 7 nitrogen and oxygen atoms in total. The lowest BCUT2D eigenvalue weighted by molar-refractivity contribution is 0.0690. The standard InChI is InChI=1S/C11H10N4O3/c1-18-10-3-2-7(5-12-10)15-9-4-8(11(16)17)13-6-14-9/h2-6H,1H3,(H,16,17)(H,13,14,15). The zero-order valence-electron chi connectivity index (χ0n) is 9.49. The minimum Gasteiger partial charge on any atom is -0.481 e. The van der Waals surface area contributed by atoms with Gasteiger partial charge in [0.05, 0.1) is 19.0 Å². The van der Waals surface area contributed by atoms with Crippen molar-refractivity contribution in [1.82, 2.24) is 15.0 Å². The Morgan fingerprint density at radius 2 is 2.17 bits per heavy atom. The van der Waals surface area contributed by atoms with Crippen LogP contribution < -0.4 is 10.1 Å². The number of carboxylic acids is 1. The van der Waals surface area contributed by atoms with E-state index in [-0.39, 0.29) is 5.69 Å². The van der Waals surface area contributed by atoms with Gasteiger partial charge in [0.15, 0.2) is 5.69 Å². The summed E-state index contributed by atoms with van der Waals surface area (Å²) in [5.74, 6) is -0.225. The van der Waals surface area contributed by atoms with Crippen molar-refractivity contribution in [1.29, 1.82) is 0 Å². The molecule has 0 unspecified atom stereocenters. The van der Waals surface area contributed by atoms with E-state index in [2.05, 4.69) is 20.3 Å². The summed E-state index contributed by atoms with van der Waals surface area (Å²) >= 11 is 0. The molecule has 0 spiro atoms. The first-order valence-corrected chi connectivity index (χ1v) is 5.01. The van der Waals surface area contributed by atoms with Crippen LogP contribution in [0.3, 0.4) is 0 Å². The fourth-order valence-electron chi connectivity index (χ4n) is 1.27. The number of carbonyl (C=O) groups is 1. The monoisotopic (exact) mass is 246 g/mol. The third kappa shape index (κ3) is 2.70. The van der Waals surface area contributed by atoms with Crippen LogP contribution in [0.25, 0.3) is 0 Å². The Morgan fingerprint density at radius 1 is 1.33 bits per heavy atom. The van der Waals surface area contributed by atoms with Crippen LogP contribution in [0.5, 0.6) is 5.88 Å². The van der Waals surface area contributed by atoms with Crippen LogP contribution in [-0.4, -0.2) is 33.1 Å². The number of ether oxygens (including phenoxy) is 1. The largest absolute Gasteiger partial charge is 0.481 e. The molecule has 92 valence electrons. The fraction of sp³-hybridized carbons (Fsp3) is 0.0909. The molecule has 2 rings (SSSR count). The van der Waals surface area contributed by atoms with Gasteiger partial charge in [-0.1, -0.05) is 0 Å². The molecule has 7 heteroatoms. The van der Waals surface area contributed by atoms with E-state index in [9.17, 15) is 4.79 Å². The van der Waals surface area contributed by atoms with Gasteiger partial charge in [0.1, 0.15) is 12.1 Å². The molecule has 0 saturated heterocycles. The smallest absolute Gasteiger partial charge is 0.354 e. The number of pyridine rings is 1. The molecule has 0 amide bonds. The maximum Gasteiger partial charge on any atom is 0.354 e. The number of hydrogen-bond acceptors (Lipinski definition) is 6. The average Bonchev–Trinajstić information content (AvgIpc) is 2.40. The van der Waals surface area contributed by atoms with Crippen LogP contribution >= 0.6 is 0 Å². The van der Waals surface area contributed by atoms with Crippen molar-refractivity contribution in [2.24, 2.45) is 0 Å². The lowest BCUT2D eigenvalue weighted by atomic mass is 10.3. The fourth-order valence-corrected chi connectivity index (χ4v) is 1.27. The molecular formula is C11H10N4O3. The van der Waals surface area contributed by atoms with E-state index in [1.54, 1.807) is 18.3 Å². The molecule has 0 aliphatic carbocycles. The van der Waals surface area contributed by atoms with Crippen molar-refractivity contribution in [3.8, 4) is 5.88 Å². The van der Waals surface area contributed by atoms with E-state index in [0.29, 0.717) is 17.4 Å². The Morgan fingerprint density at radius 3 is 2.78 bits per heavy atom. The maximum atomic E-state index is 10.7. The molecule has 0 aromatic carbocycles. The lowest BCUT2D eigenvalue weighted by Crippen LogP contribution is -2.03. The molecule has 0 bridgehead atoms. The number of nitrogens with one attached hydrogen (secondary N) is 1. The Labute approximate surface area is 102 Å². The highest BCUT2D eigenvalue weighted by atomic mass is 16.5. The minimum atomic E-state index is -1.10. The molecule has 0 aliphatic heterocycles. The van der Waals surface area contributed by atoms with Crippen molar-refractivity contribution in [2.75, 3.05) is 12.4 Å². The quantitative estimate of drug-likeness (QED) is 0.839. The van der Waals surface area contributed by atoms with Gasteiger partial charge in [0, 0.05) is 12.1 Å². The highest BCUT2D eigenvalue weighted by Crippen LogP contribution is 2.15. The molecule has 0 saturated carbocycles. The highest BCUT2D eigenvalue weighted by Gasteiger charge is 2.06. The van der Waals surface area contributed by atoms with Crippen LogP contribution in [-0.2, 0) is 0 Å². The molecule has 2 aromatic heterocycles. The van der Waals surface area contributed by atoms with Crippen molar-refractivity contribution >= 4 is 17.5 Å². The van der Waals surface area contributed by atoms with Gasteiger partial charge in [-0.2, -0.15) is 0 Å². The molecule has 0 fully saturated rings. The summed E-state index contributed by atoms with van der Waals surface area (Å²) in [7, 11) is 1.53. The van der Waals surface area contributed by atoms with Gasteiger partial charge in [-0.15, -0.1) is 0 Å². The Kier molecular flexibility index (Phi) is 3.33. The summed E-state index contributed by atoms with van der Waals surface area (Å²) < 4.78 is 4.93. The van der Waals surface area contributed by atoms with E-state index in [1.165, 1.54) is 19.5 Å². The van der Waals surface area contributed by atoms with Crippen LogP contribution in [0.2, 0.25) is 0 Å². The summed E-state index contributed by atoms with van der Waals surface area (Å²) in [6.45, 7) is 0. The van der Waals surface area contributed by atoms with E-state index >= 15 is 0 Å². The van der Waals surface area contributed by atoms with Crippen LogP contribution in [0.15, 0.2) is 30.7 Å². The molecule has 2 heterocycles. The third-order valence-corrected chi connectivity index (χ3v) is 2.10. The van der Waals surface area contributed by atoms with Gasteiger partial charge in [-0.25, -0.2) is 19.7 Å². The van der Waals surface area contributed by atoms with Gasteiger partial charge >= 0.3 is 5.97 Å². The SMILES string of the molecule is COc1ccc(Nc2cc(C(=O)O)ncn2)cn1. The molecule has 0 atom stereocenters. The number of nitrogens with zero attached hydrogens (tertiary/aromatic N) is 3. The Hall–Kier alpha value is -2.70. The summed E-state index contributed by atoms with van der Waals surface area (Å²) in [5, 5.41) is 11.7. The molecule has 0 aliphatic rings. The molecular weight excluding hydrogens is 236 g/mol. The topological polar surface area (TPSA) is 97.2 Å². The summed E-state index contributed by atoms with van der Waals surface area (Å²) in [5.41, 5.74) is 0.597. The number of carboxylic acid groups (broad SMARTS) is 1. The van der Waals surface area contributed by atoms with Gasteiger partial charge in [0.25, 0.3) is 0 Å². The highest BCUT2D eigenvalue weighted by molar-refractivity contribution is 5.86. The predicted octanol–water partition coefficient (Wildman–Crippen LogP) is 1.32. The van der Waals surface area contributed by atoms with E-state index < -0.39 is 5.97 Å². The lowest BCUT2D eigenvalue weighted by Gasteiger charge is -2.05. The second kappa shape index (κ2) is 5.09. The third-order valence-electron chi connectivity index (χ3n) is 2.10. The van der Waals surface area contributed by atoms with E-state index in [0.717, 1.165) is 0 Å². The van der Waals surface area contributed by atoms with Crippen molar-refractivity contribution in [3.63, 3.8) is 0 Å². The minimum absolute atomic E-state index is 0.0750. The first-order chi connectivity index (χ1) is 8.69. The molecule has 18 heavy (non-hydrogen) atoms. The molecule has 2 aromatic rings. The van der Waals surface area contributed by atoms with Crippen molar-refractivity contribution in [2.45, 2.75) is 0 Å². The van der Waals surface area contributed by atoms with Crippen LogP contribution in [0, 0.1) is 0 Å². The van der Waals surface area contributed by atoms with Gasteiger partial charge < -0.3 is 15.2 Å². The normalized spacial score (nSPS) is 9.83. The van der Waals surface area contributed by atoms with E-state index in [4.69, 9.17) is 9.84 Å². The zero-order valence-corrected chi connectivity index (χ0v) is 9.49. The Bertz CT molecular complexity index is 556. The average molecular weight is 246 g/mol. The van der Waals surface area contributed by atoms with Gasteiger partial charge in [-0.05, 0) is 6.07 Å². The Balaban J connectivity index is 2.17. The summed E-state index contributed by atoms with van der Waals surface area (Å²) in [6.07, 6.45) is 2.74. The van der Waals surface area contributed by atoms with Gasteiger partial charge in [0.2, 0.25) is 5.88 Å². The zero-order chi connectivity index (χ0) is 13.0. The first kappa shape index (κ1) is 11.8. The van der Waals surface area contributed by atoms with Crippen molar-refractivity contribution < 1.29 is 14.6 Å². The maximum absolute atomic E-state index is 10.7. The number of rotatable bonds is 4.